The van der Waals surface area contributed by atoms with Gasteiger partial charge >= 0.3 is 12.1 Å². The van der Waals surface area contributed by atoms with Crippen LogP contribution in [0.25, 0.3) is 11.0 Å². The maximum Gasteiger partial charge on any atom is 0.409 e. The van der Waals surface area contributed by atoms with Gasteiger partial charge in [-0.3, -0.25) is 4.79 Å². The fourth-order valence-corrected chi connectivity index (χ4v) is 5.59. The summed E-state index contributed by atoms with van der Waals surface area (Å²) >= 11 is 0. The van der Waals surface area contributed by atoms with Crippen LogP contribution in [0, 0.1) is 11.7 Å². The number of amides is 1. The van der Waals surface area contributed by atoms with Gasteiger partial charge in [0.2, 0.25) is 0 Å². The molecular formula is C27H30FN3O5. The Morgan fingerprint density at radius 1 is 1.14 bits per heavy atom. The summed E-state index contributed by atoms with van der Waals surface area (Å²) in [5.74, 6) is -0.308. The molecule has 2 aliphatic rings. The molecule has 2 aromatic carbocycles. The van der Waals surface area contributed by atoms with Crippen molar-refractivity contribution in [2.75, 3.05) is 20.8 Å². The van der Waals surface area contributed by atoms with Crippen molar-refractivity contribution in [1.82, 2.24) is 14.5 Å². The van der Waals surface area contributed by atoms with Gasteiger partial charge in [0.15, 0.2) is 11.6 Å². The average molecular weight is 496 g/mol. The fourth-order valence-electron chi connectivity index (χ4n) is 5.59. The lowest BCUT2D eigenvalue weighted by Gasteiger charge is -2.27. The second-order valence-corrected chi connectivity index (χ2v) is 9.62. The summed E-state index contributed by atoms with van der Waals surface area (Å²) in [6, 6.07) is 9.09. The monoisotopic (exact) mass is 495 g/mol. The summed E-state index contributed by atoms with van der Waals surface area (Å²) in [6.45, 7) is 1.42. The van der Waals surface area contributed by atoms with E-state index >= 15 is 0 Å². The van der Waals surface area contributed by atoms with E-state index < -0.39 is 11.8 Å². The number of aromatic nitrogens is 2. The van der Waals surface area contributed by atoms with Crippen LogP contribution in [0.3, 0.4) is 0 Å². The standard InChI is InChI=1S/C27H30FN3O5/c1-35-23-10-3-16(13-21(23)28)14-31-22-9-8-17-11-12-30(27(34)36-2)15-20(17)24(22)29-25(31)18-4-6-19(7-5-18)26(32)33/h3,8-10,13,18-19H,4-7,11-12,14-15H2,1-2H3,(H,32,33). The number of fused-ring (bicyclic) bond motifs is 3. The number of benzene rings is 2. The van der Waals surface area contributed by atoms with Crippen molar-refractivity contribution < 1.29 is 28.6 Å². The number of aliphatic carboxylic acids is 1. The van der Waals surface area contributed by atoms with Crippen LogP contribution in [0.4, 0.5) is 9.18 Å². The lowest BCUT2D eigenvalue weighted by atomic mass is 9.81. The normalized spacial score (nSPS) is 19.7. The molecule has 1 saturated carbocycles. The van der Waals surface area contributed by atoms with Crippen LogP contribution >= 0.6 is 0 Å². The molecule has 1 N–H and O–H groups in total. The third kappa shape index (κ3) is 4.38. The number of carboxylic acid groups (broad SMARTS) is 1. The Balaban J connectivity index is 1.57. The minimum absolute atomic E-state index is 0.104. The van der Waals surface area contributed by atoms with Crippen LogP contribution in [0.5, 0.6) is 5.75 Å². The molecule has 0 radical (unpaired) electrons. The summed E-state index contributed by atoms with van der Waals surface area (Å²) in [7, 11) is 2.82. The smallest absolute Gasteiger partial charge is 0.409 e. The Hall–Kier alpha value is -3.62. The third-order valence-corrected chi connectivity index (χ3v) is 7.58. The lowest BCUT2D eigenvalue weighted by Crippen LogP contribution is -2.35. The first-order chi connectivity index (χ1) is 17.4. The number of carbonyl (C=O) groups excluding carboxylic acids is 1. The van der Waals surface area contributed by atoms with E-state index in [1.54, 1.807) is 11.0 Å². The predicted octanol–water partition coefficient (Wildman–Crippen LogP) is 4.72. The molecule has 1 aromatic heterocycles. The topological polar surface area (TPSA) is 93.9 Å². The molecular weight excluding hydrogens is 465 g/mol. The molecule has 3 aromatic rings. The number of halogens is 1. The second-order valence-electron chi connectivity index (χ2n) is 9.62. The molecule has 9 heteroatoms. The molecule has 5 rings (SSSR count). The van der Waals surface area contributed by atoms with Crippen LogP contribution in [0.15, 0.2) is 30.3 Å². The predicted molar refractivity (Wildman–Crippen MR) is 131 cm³/mol. The van der Waals surface area contributed by atoms with Gasteiger partial charge in [-0.15, -0.1) is 0 Å². The largest absolute Gasteiger partial charge is 0.494 e. The van der Waals surface area contributed by atoms with Crippen molar-refractivity contribution in [3.05, 3.63) is 58.7 Å². The molecule has 36 heavy (non-hydrogen) atoms. The van der Waals surface area contributed by atoms with Crippen molar-refractivity contribution >= 4 is 23.1 Å². The third-order valence-electron chi connectivity index (χ3n) is 7.58. The number of hydrogen-bond donors (Lipinski definition) is 1. The molecule has 1 amide bonds. The number of carboxylic acids is 1. The van der Waals surface area contributed by atoms with Crippen molar-refractivity contribution in [2.24, 2.45) is 5.92 Å². The van der Waals surface area contributed by atoms with E-state index in [9.17, 15) is 19.1 Å². The number of imidazole rings is 1. The van der Waals surface area contributed by atoms with E-state index in [1.165, 1.54) is 20.3 Å². The highest BCUT2D eigenvalue weighted by atomic mass is 19.1. The first-order valence-corrected chi connectivity index (χ1v) is 12.3. The summed E-state index contributed by atoms with van der Waals surface area (Å²) < 4.78 is 26.6. The van der Waals surface area contributed by atoms with Gasteiger partial charge in [0.1, 0.15) is 5.82 Å². The van der Waals surface area contributed by atoms with Crippen molar-refractivity contribution in [1.29, 1.82) is 0 Å². The number of rotatable bonds is 5. The Morgan fingerprint density at radius 3 is 2.58 bits per heavy atom. The van der Waals surface area contributed by atoms with Crippen molar-refractivity contribution in [3.63, 3.8) is 0 Å². The number of ether oxygens (including phenoxy) is 2. The number of carbonyl (C=O) groups is 2. The molecule has 0 atom stereocenters. The van der Waals surface area contributed by atoms with Gasteiger partial charge < -0.3 is 24.0 Å². The van der Waals surface area contributed by atoms with Gasteiger partial charge in [0.25, 0.3) is 0 Å². The van der Waals surface area contributed by atoms with Gasteiger partial charge in [-0.05, 0) is 61.4 Å². The maximum absolute atomic E-state index is 14.5. The Kier molecular flexibility index (Phi) is 6.55. The molecule has 1 aliphatic heterocycles. The zero-order valence-corrected chi connectivity index (χ0v) is 20.5. The van der Waals surface area contributed by atoms with Gasteiger partial charge in [-0.1, -0.05) is 12.1 Å². The zero-order chi connectivity index (χ0) is 25.4. The van der Waals surface area contributed by atoms with Crippen molar-refractivity contribution in [3.8, 4) is 5.75 Å². The van der Waals surface area contributed by atoms with E-state index in [0.29, 0.717) is 32.5 Å². The minimum atomic E-state index is -0.743. The van der Waals surface area contributed by atoms with Crippen molar-refractivity contribution in [2.45, 2.75) is 51.1 Å². The maximum atomic E-state index is 14.5. The minimum Gasteiger partial charge on any atom is -0.494 e. The Bertz CT molecular complexity index is 1310. The SMILES string of the molecule is COC(=O)N1CCc2ccc3c(nc(C4CCC(C(=O)O)CC4)n3Cc3ccc(OC)c(F)c3)c2C1. The van der Waals surface area contributed by atoms with E-state index in [1.807, 2.05) is 6.07 Å². The molecule has 1 aliphatic carbocycles. The van der Waals surface area contributed by atoms with E-state index in [-0.39, 0.29) is 23.7 Å². The van der Waals surface area contributed by atoms with E-state index in [4.69, 9.17) is 14.5 Å². The number of nitrogens with zero attached hydrogens (tertiary/aromatic N) is 3. The van der Waals surface area contributed by atoms with E-state index in [0.717, 1.165) is 52.8 Å². The zero-order valence-electron chi connectivity index (χ0n) is 20.5. The molecule has 1 fully saturated rings. The molecule has 0 bridgehead atoms. The number of hydrogen-bond acceptors (Lipinski definition) is 5. The fraction of sp³-hybridized carbons (Fsp3) is 0.444. The average Bonchev–Trinajstić information content (AvgIpc) is 3.26. The van der Waals surface area contributed by atoms with E-state index in [2.05, 4.69) is 16.7 Å². The van der Waals surface area contributed by atoms with Crippen LogP contribution in [0.2, 0.25) is 0 Å². The highest BCUT2D eigenvalue weighted by molar-refractivity contribution is 5.82. The summed E-state index contributed by atoms with van der Waals surface area (Å²) in [4.78, 5) is 30.5. The highest BCUT2D eigenvalue weighted by Crippen LogP contribution is 2.38. The lowest BCUT2D eigenvalue weighted by molar-refractivity contribution is -0.142. The molecule has 8 nitrogen and oxygen atoms in total. The summed E-state index contributed by atoms with van der Waals surface area (Å²) in [5.41, 5.74) is 4.70. The summed E-state index contributed by atoms with van der Waals surface area (Å²) in [5, 5.41) is 9.44. The molecule has 0 unspecified atom stereocenters. The first kappa shape index (κ1) is 24.1. The molecule has 0 saturated heterocycles. The molecule has 0 spiro atoms. The van der Waals surface area contributed by atoms with Crippen LogP contribution in [-0.4, -0.2) is 52.4 Å². The number of methoxy groups -OCH3 is 2. The van der Waals surface area contributed by atoms with Gasteiger partial charge in [-0.25, -0.2) is 14.2 Å². The Morgan fingerprint density at radius 2 is 1.92 bits per heavy atom. The Labute approximate surface area is 208 Å². The highest BCUT2D eigenvalue weighted by Gasteiger charge is 2.31. The molecule has 2 heterocycles. The van der Waals surface area contributed by atoms with Crippen LogP contribution in [0.1, 0.15) is 54.1 Å². The van der Waals surface area contributed by atoms with Gasteiger partial charge in [0.05, 0.1) is 37.7 Å². The first-order valence-electron chi connectivity index (χ1n) is 12.3. The summed E-state index contributed by atoms with van der Waals surface area (Å²) in [6.07, 6.45) is 3.03. The van der Waals surface area contributed by atoms with Crippen LogP contribution in [-0.2, 0) is 29.0 Å². The van der Waals surface area contributed by atoms with Crippen LogP contribution < -0.4 is 4.74 Å². The van der Waals surface area contributed by atoms with Gasteiger partial charge in [-0.2, -0.15) is 0 Å². The molecule has 190 valence electrons. The van der Waals surface area contributed by atoms with Gasteiger partial charge in [0, 0.05) is 24.6 Å². The second kappa shape index (κ2) is 9.79. The quantitative estimate of drug-likeness (QED) is 0.551.